The predicted octanol–water partition coefficient (Wildman–Crippen LogP) is 3.46. The second kappa shape index (κ2) is 5.22. The highest BCUT2D eigenvalue weighted by molar-refractivity contribution is 6.10. The van der Waals surface area contributed by atoms with Crippen molar-refractivity contribution in [2.75, 3.05) is 0 Å². The van der Waals surface area contributed by atoms with Crippen LogP contribution in [0.1, 0.15) is 27.2 Å². The van der Waals surface area contributed by atoms with Gasteiger partial charge in [-0.1, -0.05) is 12.1 Å². The molecule has 0 fully saturated rings. The second-order valence-corrected chi connectivity index (χ2v) is 4.18. The standard InChI is InChI=1S/C14H13F2NO2/c1-8-7-17-12(9(8)2)13(18)10-5-3-4-6-11(10)19-14(15)16/h3-7,14,17H,1-2H3. The minimum absolute atomic E-state index is 0.117. The van der Waals surface area contributed by atoms with Crippen LogP contribution in [-0.4, -0.2) is 17.4 Å². The molecule has 0 saturated heterocycles. The van der Waals surface area contributed by atoms with E-state index in [4.69, 9.17) is 0 Å². The zero-order chi connectivity index (χ0) is 14.0. The van der Waals surface area contributed by atoms with Gasteiger partial charge in [0.25, 0.3) is 0 Å². The summed E-state index contributed by atoms with van der Waals surface area (Å²) in [5.41, 5.74) is 2.25. The molecule has 1 aromatic heterocycles. The normalized spacial score (nSPS) is 10.8. The first-order valence-corrected chi connectivity index (χ1v) is 5.74. The number of carbonyl (C=O) groups excluding carboxylic acids is 1. The van der Waals surface area contributed by atoms with Crippen LogP contribution in [0.4, 0.5) is 8.78 Å². The zero-order valence-corrected chi connectivity index (χ0v) is 10.5. The van der Waals surface area contributed by atoms with Crippen molar-refractivity contribution < 1.29 is 18.3 Å². The molecule has 1 N–H and O–H groups in total. The molecule has 0 atom stereocenters. The molecule has 1 heterocycles. The van der Waals surface area contributed by atoms with Gasteiger partial charge in [-0.25, -0.2) is 0 Å². The maximum Gasteiger partial charge on any atom is 0.387 e. The fraction of sp³-hybridized carbons (Fsp3) is 0.214. The lowest BCUT2D eigenvalue weighted by atomic mass is 10.0. The summed E-state index contributed by atoms with van der Waals surface area (Å²) in [6, 6.07) is 5.97. The molecule has 19 heavy (non-hydrogen) atoms. The number of aryl methyl sites for hydroxylation is 1. The molecule has 1 aromatic carbocycles. The fourth-order valence-corrected chi connectivity index (χ4v) is 1.82. The van der Waals surface area contributed by atoms with E-state index >= 15 is 0 Å². The van der Waals surface area contributed by atoms with Gasteiger partial charge in [0, 0.05) is 6.20 Å². The van der Waals surface area contributed by atoms with E-state index in [1.807, 2.05) is 6.92 Å². The first kappa shape index (κ1) is 13.3. The van der Waals surface area contributed by atoms with Crippen molar-refractivity contribution in [3.63, 3.8) is 0 Å². The Hall–Kier alpha value is -2.17. The van der Waals surface area contributed by atoms with Gasteiger partial charge >= 0.3 is 6.61 Å². The molecule has 5 heteroatoms. The number of alkyl halides is 2. The van der Waals surface area contributed by atoms with E-state index in [1.165, 1.54) is 12.1 Å². The molecule has 3 nitrogen and oxygen atoms in total. The Morgan fingerprint density at radius 2 is 1.95 bits per heavy atom. The van der Waals surface area contributed by atoms with E-state index in [-0.39, 0.29) is 17.1 Å². The highest BCUT2D eigenvalue weighted by Gasteiger charge is 2.19. The van der Waals surface area contributed by atoms with E-state index < -0.39 is 6.61 Å². The average Bonchev–Trinajstić information content (AvgIpc) is 2.69. The molecule has 0 aliphatic heterocycles. The van der Waals surface area contributed by atoms with Crippen LogP contribution in [0.5, 0.6) is 5.75 Å². The molecule has 0 aliphatic carbocycles. The third-order valence-electron chi connectivity index (χ3n) is 2.97. The first-order chi connectivity index (χ1) is 9.00. The number of hydrogen-bond donors (Lipinski definition) is 1. The summed E-state index contributed by atoms with van der Waals surface area (Å²) in [7, 11) is 0. The van der Waals surface area contributed by atoms with E-state index in [2.05, 4.69) is 9.72 Å². The van der Waals surface area contributed by atoms with Gasteiger partial charge in [-0.05, 0) is 37.1 Å². The summed E-state index contributed by atoms with van der Waals surface area (Å²) in [5.74, 6) is -0.476. The third-order valence-corrected chi connectivity index (χ3v) is 2.97. The summed E-state index contributed by atoms with van der Waals surface area (Å²) < 4.78 is 29.0. The van der Waals surface area contributed by atoms with Crippen LogP contribution in [0.15, 0.2) is 30.5 Å². The highest BCUT2D eigenvalue weighted by Crippen LogP contribution is 2.24. The van der Waals surface area contributed by atoms with E-state index in [1.54, 1.807) is 25.3 Å². The number of ketones is 1. The molecule has 0 amide bonds. The topological polar surface area (TPSA) is 42.1 Å². The van der Waals surface area contributed by atoms with Crippen LogP contribution in [0.3, 0.4) is 0 Å². The number of nitrogens with one attached hydrogen (secondary N) is 1. The summed E-state index contributed by atoms with van der Waals surface area (Å²) >= 11 is 0. The maximum absolute atomic E-state index is 12.3. The third kappa shape index (κ3) is 2.65. The number of hydrogen-bond acceptors (Lipinski definition) is 2. The quantitative estimate of drug-likeness (QED) is 0.860. The summed E-state index contributed by atoms with van der Waals surface area (Å²) in [6.45, 7) is 0.709. The number of para-hydroxylation sites is 1. The number of ether oxygens (including phenoxy) is 1. The summed E-state index contributed by atoms with van der Waals surface area (Å²) in [6.07, 6.45) is 1.71. The van der Waals surface area contributed by atoms with E-state index in [0.29, 0.717) is 5.69 Å². The lowest BCUT2D eigenvalue weighted by molar-refractivity contribution is -0.0501. The molecule has 0 bridgehead atoms. The van der Waals surface area contributed by atoms with Crippen molar-refractivity contribution in [3.05, 3.63) is 52.8 Å². The number of aromatic nitrogens is 1. The largest absolute Gasteiger partial charge is 0.434 e. The second-order valence-electron chi connectivity index (χ2n) is 4.18. The fourth-order valence-electron chi connectivity index (χ4n) is 1.82. The van der Waals surface area contributed by atoms with Gasteiger partial charge < -0.3 is 9.72 Å². The number of halogens is 2. The van der Waals surface area contributed by atoms with E-state index in [9.17, 15) is 13.6 Å². The van der Waals surface area contributed by atoms with Crippen molar-refractivity contribution in [1.29, 1.82) is 0 Å². The van der Waals surface area contributed by atoms with Crippen LogP contribution >= 0.6 is 0 Å². The van der Waals surface area contributed by atoms with Gasteiger partial charge in [0.2, 0.25) is 5.78 Å². The van der Waals surface area contributed by atoms with Crippen LogP contribution < -0.4 is 4.74 Å². The predicted molar refractivity (Wildman–Crippen MR) is 66.8 cm³/mol. The monoisotopic (exact) mass is 265 g/mol. The Labute approximate surface area is 109 Å². The Morgan fingerprint density at radius 3 is 2.53 bits per heavy atom. The number of aromatic amines is 1. The summed E-state index contributed by atoms with van der Waals surface area (Å²) in [4.78, 5) is 15.2. The van der Waals surface area contributed by atoms with Crippen LogP contribution in [0.2, 0.25) is 0 Å². The Kier molecular flexibility index (Phi) is 3.64. The first-order valence-electron chi connectivity index (χ1n) is 5.74. The minimum atomic E-state index is -2.96. The molecule has 2 aromatic rings. The Morgan fingerprint density at radius 1 is 1.26 bits per heavy atom. The van der Waals surface area contributed by atoms with Crippen molar-refractivity contribution in [1.82, 2.24) is 4.98 Å². The van der Waals surface area contributed by atoms with Crippen LogP contribution in [0, 0.1) is 13.8 Å². The van der Waals surface area contributed by atoms with E-state index in [0.717, 1.165) is 11.1 Å². The zero-order valence-electron chi connectivity index (χ0n) is 10.5. The molecule has 0 radical (unpaired) electrons. The molecule has 0 aliphatic rings. The average molecular weight is 265 g/mol. The van der Waals surface area contributed by atoms with Gasteiger partial charge in [0.1, 0.15) is 5.75 Å². The molecule has 0 unspecified atom stereocenters. The molecule has 0 saturated carbocycles. The lowest BCUT2D eigenvalue weighted by Gasteiger charge is -2.09. The van der Waals surface area contributed by atoms with Gasteiger partial charge in [-0.3, -0.25) is 4.79 Å². The van der Waals surface area contributed by atoms with Crippen LogP contribution in [-0.2, 0) is 0 Å². The van der Waals surface area contributed by atoms with Gasteiger partial charge in [-0.2, -0.15) is 8.78 Å². The smallest absolute Gasteiger partial charge is 0.387 e. The summed E-state index contributed by atoms with van der Waals surface area (Å²) in [5, 5.41) is 0. The van der Waals surface area contributed by atoms with Crippen molar-refractivity contribution in [2.24, 2.45) is 0 Å². The molecule has 100 valence electrons. The SMILES string of the molecule is Cc1c[nH]c(C(=O)c2ccccc2OC(F)F)c1C. The number of carbonyl (C=O) groups is 1. The lowest BCUT2D eigenvalue weighted by Crippen LogP contribution is -2.10. The van der Waals surface area contributed by atoms with Crippen molar-refractivity contribution in [3.8, 4) is 5.75 Å². The Balaban J connectivity index is 2.41. The molecular formula is C14H13F2NO2. The Bertz CT molecular complexity index is 605. The molecule has 2 rings (SSSR count). The molecular weight excluding hydrogens is 252 g/mol. The number of H-pyrrole nitrogens is 1. The maximum atomic E-state index is 12.3. The number of benzene rings is 1. The van der Waals surface area contributed by atoms with Gasteiger partial charge in [0.05, 0.1) is 11.3 Å². The van der Waals surface area contributed by atoms with Gasteiger partial charge in [-0.15, -0.1) is 0 Å². The number of rotatable bonds is 4. The van der Waals surface area contributed by atoms with Crippen molar-refractivity contribution >= 4 is 5.78 Å². The van der Waals surface area contributed by atoms with Crippen LogP contribution in [0.25, 0.3) is 0 Å². The molecule has 0 spiro atoms. The minimum Gasteiger partial charge on any atom is -0.434 e. The van der Waals surface area contributed by atoms with Gasteiger partial charge in [0.15, 0.2) is 0 Å². The van der Waals surface area contributed by atoms with Crippen molar-refractivity contribution in [2.45, 2.75) is 20.5 Å². The highest BCUT2D eigenvalue weighted by atomic mass is 19.3.